The Morgan fingerprint density at radius 1 is 1.00 bits per heavy atom. The first-order valence-electron chi connectivity index (χ1n) is 11.0. The summed E-state index contributed by atoms with van der Waals surface area (Å²) < 4.78 is 55.5. The predicted octanol–water partition coefficient (Wildman–Crippen LogP) is 6.41. The smallest absolute Gasteiger partial charge is 0.389 e. The Morgan fingerprint density at radius 3 is 2.07 bits per heavy atom. The first-order valence-corrected chi connectivity index (χ1v) is 11.0. The summed E-state index contributed by atoms with van der Waals surface area (Å²) in [5, 5.41) is 0. The number of esters is 1. The van der Waals surface area contributed by atoms with Crippen LogP contribution in [0.2, 0.25) is 0 Å². The van der Waals surface area contributed by atoms with E-state index in [2.05, 4.69) is 41.5 Å². The average Bonchev–Trinajstić information content (AvgIpc) is 2.86. The molecule has 1 aliphatic heterocycles. The Bertz CT molecular complexity index is 619. The van der Waals surface area contributed by atoms with Crippen molar-refractivity contribution in [2.45, 2.75) is 124 Å². The van der Waals surface area contributed by atoms with Gasteiger partial charge in [-0.3, -0.25) is 4.79 Å². The summed E-state index contributed by atoms with van der Waals surface area (Å²) in [5.74, 6) is -1.46. The fourth-order valence-electron chi connectivity index (χ4n) is 4.57. The number of hydrogen-bond donors (Lipinski definition) is 0. The fourth-order valence-corrected chi connectivity index (χ4v) is 4.57. The standard InChI is InChI=1S/C23H39F3O4/c1-19(2,3)14-21(7,20(4,5)6)18(27)28-15-9-10-16-17(13-15)30-22(8,29-16)11-12-23(24,25)26/h15-17H,9-14H2,1-8H3. The molecule has 0 aromatic heterocycles. The molecular weight excluding hydrogens is 397 g/mol. The van der Waals surface area contributed by atoms with Crippen LogP contribution in [-0.4, -0.2) is 36.2 Å². The van der Waals surface area contributed by atoms with Gasteiger partial charge in [0.05, 0.1) is 17.6 Å². The quantitative estimate of drug-likeness (QED) is 0.467. The van der Waals surface area contributed by atoms with Crippen LogP contribution in [0.5, 0.6) is 0 Å². The van der Waals surface area contributed by atoms with Crippen molar-refractivity contribution in [3.05, 3.63) is 0 Å². The summed E-state index contributed by atoms with van der Waals surface area (Å²) in [7, 11) is 0. The highest BCUT2D eigenvalue weighted by atomic mass is 19.4. The molecule has 2 rings (SSSR count). The number of hydrogen-bond acceptors (Lipinski definition) is 4. The van der Waals surface area contributed by atoms with Gasteiger partial charge in [-0.25, -0.2) is 0 Å². The van der Waals surface area contributed by atoms with Crippen molar-refractivity contribution in [1.29, 1.82) is 0 Å². The molecule has 30 heavy (non-hydrogen) atoms. The molecule has 1 saturated heterocycles. The normalized spacial score (nSPS) is 32.4. The Kier molecular flexibility index (Phi) is 7.01. The maximum atomic E-state index is 13.3. The summed E-state index contributed by atoms with van der Waals surface area (Å²) in [6.45, 7) is 16.0. The van der Waals surface area contributed by atoms with E-state index in [-0.39, 0.29) is 41.5 Å². The molecule has 0 spiro atoms. The third-order valence-electron chi connectivity index (χ3n) is 6.61. The van der Waals surface area contributed by atoms with E-state index in [1.165, 1.54) is 0 Å². The summed E-state index contributed by atoms with van der Waals surface area (Å²) in [4.78, 5) is 13.3. The maximum absolute atomic E-state index is 13.3. The Labute approximate surface area is 179 Å². The highest BCUT2D eigenvalue weighted by molar-refractivity contribution is 5.77. The van der Waals surface area contributed by atoms with Crippen molar-refractivity contribution in [2.75, 3.05) is 0 Å². The number of ether oxygens (including phenoxy) is 3. The molecule has 2 fully saturated rings. The molecule has 5 unspecified atom stereocenters. The van der Waals surface area contributed by atoms with E-state index in [0.717, 1.165) is 0 Å². The number of fused-ring (bicyclic) bond motifs is 1. The minimum atomic E-state index is -4.24. The van der Waals surface area contributed by atoms with Crippen LogP contribution in [0.15, 0.2) is 0 Å². The van der Waals surface area contributed by atoms with Crippen molar-refractivity contribution in [2.24, 2.45) is 16.2 Å². The minimum Gasteiger partial charge on any atom is -0.462 e. The lowest BCUT2D eigenvalue weighted by Crippen LogP contribution is -2.46. The van der Waals surface area contributed by atoms with E-state index in [1.54, 1.807) is 6.92 Å². The molecule has 0 bridgehead atoms. The lowest BCUT2D eigenvalue weighted by molar-refractivity contribution is -0.197. The summed E-state index contributed by atoms with van der Waals surface area (Å²) in [6, 6.07) is 0. The van der Waals surface area contributed by atoms with Crippen molar-refractivity contribution in [3.8, 4) is 0 Å². The topological polar surface area (TPSA) is 44.8 Å². The Balaban J connectivity index is 2.02. The largest absolute Gasteiger partial charge is 0.462 e. The number of rotatable bonds is 5. The highest BCUT2D eigenvalue weighted by Crippen LogP contribution is 2.48. The lowest BCUT2D eigenvalue weighted by Gasteiger charge is -2.44. The van der Waals surface area contributed by atoms with Gasteiger partial charge >= 0.3 is 12.1 Å². The maximum Gasteiger partial charge on any atom is 0.389 e. The lowest BCUT2D eigenvalue weighted by atomic mass is 9.61. The van der Waals surface area contributed by atoms with Gasteiger partial charge in [0.2, 0.25) is 0 Å². The predicted molar refractivity (Wildman–Crippen MR) is 109 cm³/mol. The van der Waals surface area contributed by atoms with E-state index >= 15 is 0 Å². The van der Waals surface area contributed by atoms with Crippen LogP contribution in [-0.2, 0) is 19.0 Å². The summed E-state index contributed by atoms with van der Waals surface area (Å²) in [5.41, 5.74) is -0.977. The molecule has 7 heteroatoms. The molecular formula is C23H39F3O4. The van der Waals surface area contributed by atoms with Crippen molar-refractivity contribution < 1.29 is 32.2 Å². The number of carbonyl (C=O) groups is 1. The van der Waals surface area contributed by atoms with Crippen LogP contribution in [0.4, 0.5) is 13.2 Å². The zero-order valence-corrected chi connectivity index (χ0v) is 19.7. The molecule has 1 aliphatic carbocycles. The van der Waals surface area contributed by atoms with Crippen LogP contribution >= 0.6 is 0 Å². The van der Waals surface area contributed by atoms with E-state index < -0.39 is 23.8 Å². The molecule has 176 valence electrons. The average molecular weight is 437 g/mol. The molecule has 1 saturated carbocycles. The first-order chi connectivity index (χ1) is 13.3. The van der Waals surface area contributed by atoms with E-state index in [4.69, 9.17) is 14.2 Å². The van der Waals surface area contributed by atoms with E-state index in [9.17, 15) is 18.0 Å². The molecule has 0 radical (unpaired) electrons. The van der Waals surface area contributed by atoms with Crippen LogP contribution < -0.4 is 0 Å². The SMILES string of the molecule is CC(C)(C)CC(C)(C(=O)OC1CCC2OC(C)(CCC(F)(F)F)OC2C1)C(C)(C)C. The van der Waals surface area contributed by atoms with Gasteiger partial charge in [-0.1, -0.05) is 41.5 Å². The zero-order chi connectivity index (χ0) is 23.2. The molecule has 0 aromatic carbocycles. The molecule has 0 amide bonds. The van der Waals surface area contributed by atoms with Gasteiger partial charge < -0.3 is 14.2 Å². The second-order valence-corrected chi connectivity index (χ2v) is 11.7. The van der Waals surface area contributed by atoms with Crippen LogP contribution in [0.25, 0.3) is 0 Å². The van der Waals surface area contributed by atoms with Crippen LogP contribution in [0.3, 0.4) is 0 Å². The Morgan fingerprint density at radius 2 is 1.57 bits per heavy atom. The van der Waals surface area contributed by atoms with Gasteiger partial charge in [-0.05, 0) is 43.9 Å². The molecule has 0 aromatic rings. The molecule has 4 nitrogen and oxygen atoms in total. The van der Waals surface area contributed by atoms with Gasteiger partial charge in [0.25, 0.3) is 0 Å². The molecule has 5 atom stereocenters. The van der Waals surface area contributed by atoms with Gasteiger partial charge in [0.15, 0.2) is 5.79 Å². The van der Waals surface area contributed by atoms with Gasteiger partial charge in [0, 0.05) is 19.3 Å². The minimum absolute atomic E-state index is 0.0403. The van der Waals surface area contributed by atoms with Crippen molar-refractivity contribution >= 4 is 5.97 Å². The number of alkyl halides is 3. The zero-order valence-electron chi connectivity index (χ0n) is 19.7. The fraction of sp³-hybridized carbons (Fsp3) is 0.957. The van der Waals surface area contributed by atoms with Crippen molar-refractivity contribution in [3.63, 3.8) is 0 Å². The highest BCUT2D eigenvalue weighted by Gasteiger charge is 2.51. The van der Waals surface area contributed by atoms with E-state index in [1.807, 2.05) is 6.92 Å². The van der Waals surface area contributed by atoms with Crippen molar-refractivity contribution in [1.82, 2.24) is 0 Å². The van der Waals surface area contributed by atoms with Crippen LogP contribution in [0.1, 0.15) is 93.9 Å². The summed E-state index contributed by atoms with van der Waals surface area (Å²) in [6.07, 6.45) is -3.96. The van der Waals surface area contributed by atoms with Gasteiger partial charge in [-0.15, -0.1) is 0 Å². The number of halogens is 3. The third-order valence-corrected chi connectivity index (χ3v) is 6.61. The molecule has 2 aliphatic rings. The molecule has 0 N–H and O–H groups in total. The third kappa shape index (κ3) is 6.35. The van der Waals surface area contributed by atoms with Gasteiger partial charge in [0.1, 0.15) is 6.10 Å². The molecule has 1 heterocycles. The Hall–Kier alpha value is -0.820. The van der Waals surface area contributed by atoms with E-state index in [0.29, 0.717) is 25.7 Å². The van der Waals surface area contributed by atoms with Crippen LogP contribution in [0, 0.1) is 16.2 Å². The monoisotopic (exact) mass is 436 g/mol. The second kappa shape index (κ2) is 8.27. The van der Waals surface area contributed by atoms with Gasteiger partial charge in [-0.2, -0.15) is 13.2 Å². The second-order valence-electron chi connectivity index (χ2n) is 11.7. The number of carbonyl (C=O) groups excluding carboxylic acids is 1. The first kappa shape index (κ1) is 25.4. The summed E-state index contributed by atoms with van der Waals surface area (Å²) >= 11 is 0.